The Morgan fingerprint density at radius 3 is 2.40 bits per heavy atom. The van der Waals surface area contributed by atoms with Gasteiger partial charge in [0.2, 0.25) is 15.9 Å². The number of carbonyl (C=O) groups excluding carboxylic acids is 1. The molecule has 2 saturated carbocycles. The number of methoxy groups -OCH3 is 1. The number of amides is 1. The number of ether oxygens (including phenoxy) is 1. The number of sulfonamides is 1. The summed E-state index contributed by atoms with van der Waals surface area (Å²) in [6, 6.07) is 11.7. The molecule has 2 aromatic rings. The number of hydrogen-bond acceptors (Lipinski definition) is 4. The van der Waals surface area contributed by atoms with Gasteiger partial charge in [-0.1, -0.05) is 43.0 Å². The summed E-state index contributed by atoms with van der Waals surface area (Å²) in [4.78, 5) is 13.4. The average Bonchev–Trinajstić information content (AvgIpc) is 3.35. The molecule has 2 aliphatic carbocycles. The first-order valence-electron chi connectivity index (χ1n) is 10.0. The summed E-state index contributed by atoms with van der Waals surface area (Å²) in [7, 11) is -2.20. The Morgan fingerprint density at radius 2 is 1.80 bits per heavy atom. The van der Waals surface area contributed by atoms with Crippen LogP contribution in [0.3, 0.4) is 0 Å². The minimum atomic E-state index is -3.75. The number of hydrogen-bond donors (Lipinski definition) is 2. The Balaban J connectivity index is 1.62. The molecule has 2 aliphatic rings. The molecule has 4 rings (SSSR count). The molecule has 1 amide bonds. The summed E-state index contributed by atoms with van der Waals surface area (Å²) in [6.07, 6.45) is 5.33. The van der Waals surface area contributed by atoms with Crippen LogP contribution in [0.4, 0.5) is 5.69 Å². The third kappa shape index (κ3) is 3.82. The third-order valence-electron chi connectivity index (χ3n) is 6.52. The fourth-order valence-electron chi connectivity index (χ4n) is 5.11. The Hall–Kier alpha value is -2.09. The molecule has 0 radical (unpaired) electrons. The average molecular weight is 449 g/mol. The van der Waals surface area contributed by atoms with Crippen LogP contribution in [0, 0.1) is 11.3 Å². The number of primary sulfonamides is 1. The Morgan fingerprint density at radius 1 is 1.13 bits per heavy atom. The van der Waals surface area contributed by atoms with E-state index in [1.54, 1.807) is 37.4 Å². The van der Waals surface area contributed by atoms with Crippen LogP contribution >= 0.6 is 11.6 Å². The standard InChI is InChI=1S/C22H25ClN2O4S/c1-29-18-10-7-15(23)13-17(18)25-21(26)20-19(22(20)11-3-2-4-12-22)14-5-8-16(9-6-14)30(24,27)28/h5-10,13,19-20H,2-4,11-12H2,1H3,(H,25,26)(H2,24,27,28). The van der Waals surface area contributed by atoms with Crippen LogP contribution in [0.2, 0.25) is 5.02 Å². The topological polar surface area (TPSA) is 98.5 Å². The van der Waals surface area contributed by atoms with Gasteiger partial charge >= 0.3 is 0 Å². The molecule has 2 aromatic carbocycles. The third-order valence-corrected chi connectivity index (χ3v) is 7.68. The van der Waals surface area contributed by atoms with E-state index in [1.807, 2.05) is 0 Å². The van der Waals surface area contributed by atoms with Crippen LogP contribution in [0.5, 0.6) is 5.75 Å². The van der Waals surface area contributed by atoms with Gasteiger partial charge in [0.1, 0.15) is 5.75 Å². The second kappa shape index (κ2) is 7.87. The van der Waals surface area contributed by atoms with Crippen molar-refractivity contribution in [3.8, 4) is 5.75 Å². The van der Waals surface area contributed by atoms with E-state index in [-0.39, 0.29) is 28.1 Å². The lowest BCUT2D eigenvalue weighted by molar-refractivity contribution is -0.118. The molecule has 6 nitrogen and oxygen atoms in total. The molecular formula is C22H25ClN2O4S. The van der Waals surface area contributed by atoms with Crippen LogP contribution in [0.25, 0.3) is 0 Å². The molecule has 2 atom stereocenters. The normalized spacial score (nSPS) is 22.5. The molecule has 0 aromatic heterocycles. The van der Waals surface area contributed by atoms with E-state index >= 15 is 0 Å². The highest BCUT2D eigenvalue weighted by Crippen LogP contribution is 2.71. The molecule has 0 aliphatic heterocycles. The van der Waals surface area contributed by atoms with Gasteiger partial charge in [-0.15, -0.1) is 0 Å². The first kappa shape index (κ1) is 21.2. The quantitative estimate of drug-likeness (QED) is 0.712. The minimum absolute atomic E-state index is 0.0532. The first-order chi connectivity index (χ1) is 14.3. The fourth-order valence-corrected chi connectivity index (χ4v) is 5.80. The summed E-state index contributed by atoms with van der Waals surface area (Å²) in [5, 5.41) is 8.75. The molecule has 1 spiro atoms. The van der Waals surface area contributed by atoms with Crippen LogP contribution in [-0.4, -0.2) is 21.4 Å². The SMILES string of the molecule is COc1ccc(Cl)cc1NC(=O)C1C(c2ccc(S(N)(=O)=O)cc2)C12CCCCC2. The van der Waals surface area contributed by atoms with Crippen molar-refractivity contribution in [2.45, 2.75) is 42.9 Å². The lowest BCUT2D eigenvalue weighted by atomic mass is 9.82. The molecule has 0 saturated heterocycles. The fraction of sp³-hybridized carbons (Fsp3) is 0.409. The molecule has 8 heteroatoms. The number of anilines is 1. The Labute approximate surface area is 181 Å². The molecule has 30 heavy (non-hydrogen) atoms. The summed E-state index contributed by atoms with van der Waals surface area (Å²) >= 11 is 6.10. The number of halogens is 1. The Kier molecular flexibility index (Phi) is 5.55. The smallest absolute Gasteiger partial charge is 0.238 e. The maximum absolute atomic E-state index is 13.3. The van der Waals surface area contributed by atoms with E-state index < -0.39 is 10.0 Å². The molecule has 160 valence electrons. The first-order valence-corrected chi connectivity index (χ1v) is 12.0. The minimum Gasteiger partial charge on any atom is -0.495 e. The van der Waals surface area contributed by atoms with Crippen molar-refractivity contribution in [2.75, 3.05) is 12.4 Å². The monoisotopic (exact) mass is 448 g/mol. The summed E-state index contributed by atoms with van der Waals surface area (Å²) in [6.45, 7) is 0. The highest BCUT2D eigenvalue weighted by atomic mass is 35.5. The number of nitrogens with two attached hydrogens (primary N) is 1. The maximum atomic E-state index is 13.3. The predicted octanol–water partition coefficient (Wildman–Crippen LogP) is 4.30. The van der Waals surface area contributed by atoms with Gasteiger partial charge in [0.05, 0.1) is 23.6 Å². The van der Waals surface area contributed by atoms with Gasteiger partial charge in [0.15, 0.2) is 0 Å². The lowest BCUT2D eigenvalue weighted by Gasteiger charge is -2.23. The second-order valence-electron chi connectivity index (χ2n) is 8.20. The number of carbonyl (C=O) groups is 1. The number of nitrogens with one attached hydrogen (secondary N) is 1. The molecule has 0 heterocycles. The molecule has 2 fully saturated rings. The van der Waals surface area contributed by atoms with Gasteiger partial charge in [-0.3, -0.25) is 4.79 Å². The van der Waals surface area contributed by atoms with E-state index in [2.05, 4.69) is 5.32 Å². The van der Waals surface area contributed by atoms with Gasteiger partial charge in [0.25, 0.3) is 0 Å². The Bertz CT molecular complexity index is 1060. The highest BCUT2D eigenvalue weighted by molar-refractivity contribution is 7.89. The molecule has 3 N–H and O–H groups in total. The van der Waals surface area contributed by atoms with E-state index in [9.17, 15) is 13.2 Å². The molecular weight excluding hydrogens is 424 g/mol. The number of rotatable bonds is 5. The maximum Gasteiger partial charge on any atom is 0.238 e. The summed E-state index contributed by atoms with van der Waals surface area (Å²) in [5.74, 6) is 0.373. The van der Waals surface area contributed by atoms with Crippen molar-refractivity contribution in [1.82, 2.24) is 0 Å². The van der Waals surface area contributed by atoms with Gasteiger partial charge in [-0.05, 0) is 54.2 Å². The van der Waals surface area contributed by atoms with E-state index in [0.29, 0.717) is 16.5 Å². The largest absolute Gasteiger partial charge is 0.495 e. The summed E-state index contributed by atoms with van der Waals surface area (Å²) in [5.41, 5.74) is 1.44. The van der Waals surface area contributed by atoms with Crippen LogP contribution in [-0.2, 0) is 14.8 Å². The van der Waals surface area contributed by atoms with Gasteiger partial charge in [-0.2, -0.15) is 0 Å². The summed E-state index contributed by atoms with van der Waals surface area (Å²) < 4.78 is 28.5. The zero-order valence-electron chi connectivity index (χ0n) is 16.7. The van der Waals surface area contributed by atoms with Crippen LogP contribution in [0.1, 0.15) is 43.6 Å². The van der Waals surface area contributed by atoms with E-state index in [1.165, 1.54) is 18.6 Å². The van der Waals surface area contributed by atoms with E-state index in [0.717, 1.165) is 31.2 Å². The second-order valence-corrected chi connectivity index (χ2v) is 10.2. The zero-order chi connectivity index (χ0) is 21.5. The van der Waals surface area contributed by atoms with E-state index in [4.69, 9.17) is 21.5 Å². The lowest BCUT2D eigenvalue weighted by Crippen LogP contribution is -2.20. The van der Waals surface area contributed by atoms with Gasteiger partial charge < -0.3 is 10.1 Å². The van der Waals surface area contributed by atoms with Crippen molar-refractivity contribution in [2.24, 2.45) is 16.5 Å². The number of benzene rings is 2. The van der Waals surface area contributed by atoms with Crippen LogP contribution in [0.15, 0.2) is 47.4 Å². The zero-order valence-corrected chi connectivity index (χ0v) is 18.3. The van der Waals surface area contributed by atoms with Gasteiger partial charge in [0, 0.05) is 10.9 Å². The van der Waals surface area contributed by atoms with Gasteiger partial charge in [-0.25, -0.2) is 13.6 Å². The van der Waals surface area contributed by atoms with Crippen LogP contribution < -0.4 is 15.2 Å². The predicted molar refractivity (Wildman–Crippen MR) is 116 cm³/mol. The van der Waals surface area contributed by atoms with Crippen molar-refractivity contribution in [3.63, 3.8) is 0 Å². The van der Waals surface area contributed by atoms with Crippen molar-refractivity contribution in [1.29, 1.82) is 0 Å². The molecule has 2 unspecified atom stereocenters. The van der Waals surface area contributed by atoms with Crippen molar-refractivity contribution < 1.29 is 17.9 Å². The molecule has 0 bridgehead atoms. The van der Waals surface area contributed by atoms with Crippen molar-refractivity contribution in [3.05, 3.63) is 53.1 Å². The highest BCUT2D eigenvalue weighted by Gasteiger charge is 2.67. The van der Waals surface area contributed by atoms with Crippen molar-refractivity contribution >= 4 is 33.2 Å².